The van der Waals surface area contributed by atoms with Crippen LogP contribution in [0.1, 0.15) is 57.4 Å². The highest BCUT2D eigenvalue weighted by Crippen LogP contribution is 2.59. The van der Waals surface area contributed by atoms with E-state index < -0.39 is 6.10 Å². The van der Waals surface area contributed by atoms with Gasteiger partial charge in [0.2, 0.25) is 0 Å². The highest BCUT2D eigenvalue weighted by molar-refractivity contribution is 5.85. The summed E-state index contributed by atoms with van der Waals surface area (Å²) in [6.07, 6.45) is 12.8. The number of allylic oxidation sites excluding steroid dienone is 3. The van der Waals surface area contributed by atoms with E-state index in [-0.39, 0.29) is 11.5 Å². The molecule has 3 N–H and O–H groups in total. The molecule has 4 nitrogen and oxygen atoms in total. The van der Waals surface area contributed by atoms with Gasteiger partial charge in [0.1, 0.15) is 0 Å². The van der Waals surface area contributed by atoms with Crippen molar-refractivity contribution in [3.8, 4) is 0 Å². The van der Waals surface area contributed by atoms with Gasteiger partial charge >= 0.3 is 0 Å². The normalized spacial score (nSPS) is 36.0. The largest absolute Gasteiger partial charge is 0.393 e. The molecule has 0 radical (unpaired) electrons. The zero-order chi connectivity index (χ0) is 20.5. The standard InChI is InChI=1S/C26H30N2O2/c1-26-13-25(30)21-12-17-11-19(29)5-2-15(17)3-6-20(21)23(26)8-7-22(26)16-4-9-24-18(10-16)14-27-28-24/h4,7,9-10,12,14-15,19,23,25,29-30H,2-3,5-6,8,11,13H2,1H3,(H,27,28). The average molecular weight is 403 g/mol. The maximum Gasteiger partial charge on any atom is 0.0798 e. The van der Waals surface area contributed by atoms with Crippen LogP contribution in [0, 0.1) is 17.3 Å². The second-order valence-corrected chi connectivity index (χ2v) is 10.1. The molecule has 0 saturated heterocycles. The number of aliphatic hydroxyl groups excluding tert-OH is 2. The SMILES string of the molecule is CC12CC(O)C3=C(CCC4CCC(O)CC4=C3)C1CC=C2c1ccc2[nH]ncc2c1. The molecule has 1 fully saturated rings. The maximum absolute atomic E-state index is 11.3. The number of aliphatic hydroxyl groups is 2. The summed E-state index contributed by atoms with van der Waals surface area (Å²) in [4.78, 5) is 0. The smallest absolute Gasteiger partial charge is 0.0798 e. The van der Waals surface area contributed by atoms with Crippen LogP contribution in [0.25, 0.3) is 16.5 Å². The summed E-state index contributed by atoms with van der Waals surface area (Å²) in [5.41, 5.74) is 7.68. The van der Waals surface area contributed by atoms with E-state index in [2.05, 4.69) is 47.5 Å². The highest BCUT2D eigenvalue weighted by Gasteiger charge is 2.49. The second-order valence-electron chi connectivity index (χ2n) is 10.1. The van der Waals surface area contributed by atoms with E-state index >= 15 is 0 Å². The summed E-state index contributed by atoms with van der Waals surface area (Å²) < 4.78 is 0. The number of rotatable bonds is 1. The lowest BCUT2D eigenvalue weighted by atomic mass is 9.61. The summed E-state index contributed by atoms with van der Waals surface area (Å²) >= 11 is 0. The van der Waals surface area contributed by atoms with Gasteiger partial charge in [-0.1, -0.05) is 36.3 Å². The quantitative estimate of drug-likeness (QED) is 0.634. The fourth-order valence-electron chi connectivity index (χ4n) is 6.84. The zero-order valence-corrected chi connectivity index (χ0v) is 17.6. The van der Waals surface area contributed by atoms with E-state index in [1.165, 1.54) is 27.9 Å². The minimum atomic E-state index is -0.425. The van der Waals surface area contributed by atoms with Crippen molar-refractivity contribution in [2.75, 3.05) is 0 Å². The number of fused-ring (bicyclic) bond motifs is 4. The zero-order valence-electron chi connectivity index (χ0n) is 17.6. The van der Waals surface area contributed by atoms with Crippen molar-refractivity contribution >= 4 is 16.5 Å². The fraction of sp³-hybridized carbons (Fsp3) is 0.500. The Hall–Kier alpha value is -2.17. The lowest BCUT2D eigenvalue weighted by Gasteiger charge is -2.43. The molecule has 0 amide bonds. The molecule has 0 aliphatic heterocycles. The molecule has 1 aromatic carbocycles. The van der Waals surface area contributed by atoms with Gasteiger partial charge in [0.25, 0.3) is 0 Å². The molecule has 2 aromatic rings. The van der Waals surface area contributed by atoms with Gasteiger partial charge in [-0.25, -0.2) is 0 Å². The molecule has 0 bridgehead atoms. The summed E-state index contributed by atoms with van der Waals surface area (Å²) in [6, 6.07) is 6.55. The summed E-state index contributed by atoms with van der Waals surface area (Å²) in [5, 5.41) is 29.8. The van der Waals surface area contributed by atoms with E-state index in [9.17, 15) is 10.2 Å². The Kier molecular flexibility index (Phi) is 4.13. The number of hydrogen-bond donors (Lipinski definition) is 3. The molecule has 5 unspecified atom stereocenters. The van der Waals surface area contributed by atoms with Crippen LogP contribution in [-0.2, 0) is 0 Å². The molecule has 30 heavy (non-hydrogen) atoms. The third kappa shape index (κ3) is 2.70. The number of nitrogens with zero attached hydrogens (tertiary/aromatic N) is 1. The van der Waals surface area contributed by atoms with Crippen molar-refractivity contribution in [1.82, 2.24) is 10.2 Å². The summed E-state index contributed by atoms with van der Waals surface area (Å²) in [6.45, 7) is 2.36. The molecule has 5 atom stereocenters. The molecule has 4 aliphatic carbocycles. The first-order chi connectivity index (χ1) is 14.5. The predicted octanol–water partition coefficient (Wildman–Crippen LogP) is 4.91. The van der Waals surface area contributed by atoms with Gasteiger partial charge in [0.05, 0.1) is 23.9 Å². The predicted molar refractivity (Wildman–Crippen MR) is 119 cm³/mol. The van der Waals surface area contributed by atoms with Crippen molar-refractivity contribution in [1.29, 1.82) is 0 Å². The minimum Gasteiger partial charge on any atom is -0.393 e. The van der Waals surface area contributed by atoms with Gasteiger partial charge in [-0.3, -0.25) is 5.10 Å². The summed E-state index contributed by atoms with van der Waals surface area (Å²) in [5.74, 6) is 1.04. The molecule has 156 valence electrons. The monoisotopic (exact) mass is 402 g/mol. The molecule has 1 aromatic heterocycles. The first kappa shape index (κ1) is 18.6. The number of nitrogens with one attached hydrogen (secondary N) is 1. The van der Waals surface area contributed by atoms with Crippen molar-refractivity contribution in [2.45, 2.75) is 64.1 Å². The van der Waals surface area contributed by atoms with Crippen LogP contribution in [0.5, 0.6) is 0 Å². The average Bonchev–Trinajstić information content (AvgIpc) is 3.26. The van der Waals surface area contributed by atoms with E-state index in [4.69, 9.17) is 0 Å². The summed E-state index contributed by atoms with van der Waals surface area (Å²) in [7, 11) is 0. The Morgan fingerprint density at radius 3 is 2.97 bits per heavy atom. The van der Waals surface area contributed by atoms with Crippen molar-refractivity contribution in [3.05, 3.63) is 58.8 Å². The van der Waals surface area contributed by atoms with Crippen LogP contribution in [0.3, 0.4) is 0 Å². The van der Waals surface area contributed by atoms with Crippen LogP contribution < -0.4 is 0 Å². The molecular formula is C26H30N2O2. The van der Waals surface area contributed by atoms with E-state index in [1.54, 1.807) is 0 Å². The van der Waals surface area contributed by atoms with Crippen LogP contribution in [0.4, 0.5) is 0 Å². The Labute approximate surface area is 177 Å². The third-order valence-corrected chi connectivity index (χ3v) is 8.41. The number of aromatic nitrogens is 2. The Morgan fingerprint density at radius 1 is 1.17 bits per heavy atom. The molecule has 1 heterocycles. The molecule has 4 heteroatoms. The maximum atomic E-state index is 11.3. The topological polar surface area (TPSA) is 69.1 Å². The van der Waals surface area contributed by atoms with E-state index in [1.807, 2.05) is 6.20 Å². The Bertz CT molecular complexity index is 1110. The first-order valence-electron chi connectivity index (χ1n) is 11.5. The minimum absolute atomic E-state index is 0.0385. The van der Waals surface area contributed by atoms with Crippen molar-refractivity contribution < 1.29 is 10.2 Å². The molecule has 0 spiro atoms. The van der Waals surface area contributed by atoms with Gasteiger partial charge in [-0.05, 0) is 85.6 Å². The number of hydrogen-bond acceptors (Lipinski definition) is 3. The molecule has 1 saturated carbocycles. The first-order valence-corrected chi connectivity index (χ1v) is 11.5. The van der Waals surface area contributed by atoms with Crippen LogP contribution >= 0.6 is 0 Å². The van der Waals surface area contributed by atoms with Gasteiger partial charge in [-0.2, -0.15) is 5.10 Å². The Morgan fingerprint density at radius 2 is 2.07 bits per heavy atom. The lowest BCUT2D eigenvalue weighted by Crippen LogP contribution is -2.37. The molecular weight excluding hydrogens is 372 g/mol. The van der Waals surface area contributed by atoms with Gasteiger partial charge < -0.3 is 10.2 Å². The Balaban J connectivity index is 1.38. The van der Waals surface area contributed by atoms with Crippen LogP contribution in [-0.4, -0.2) is 32.6 Å². The highest BCUT2D eigenvalue weighted by atomic mass is 16.3. The third-order valence-electron chi connectivity index (χ3n) is 8.41. The lowest BCUT2D eigenvalue weighted by molar-refractivity contribution is 0.124. The second kappa shape index (κ2) is 6.66. The molecule has 4 aliphatic rings. The van der Waals surface area contributed by atoms with Gasteiger partial charge in [0.15, 0.2) is 0 Å². The van der Waals surface area contributed by atoms with E-state index in [0.29, 0.717) is 11.8 Å². The van der Waals surface area contributed by atoms with Gasteiger partial charge in [0, 0.05) is 10.8 Å². The van der Waals surface area contributed by atoms with Crippen molar-refractivity contribution in [3.63, 3.8) is 0 Å². The number of benzene rings is 1. The van der Waals surface area contributed by atoms with Gasteiger partial charge in [-0.15, -0.1) is 0 Å². The fourth-order valence-corrected chi connectivity index (χ4v) is 6.84. The number of aromatic amines is 1. The van der Waals surface area contributed by atoms with Crippen LogP contribution in [0.15, 0.2) is 53.3 Å². The molecule has 6 rings (SSSR count). The van der Waals surface area contributed by atoms with E-state index in [0.717, 1.165) is 55.8 Å². The van der Waals surface area contributed by atoms with Crippen LogP contribution in [0.2, 0.25) is 0 Å². The van der Waals surface area contributed by atoms with Crippen molar-refractivity contribution in [2.24, 2.45) is 17.3 Å². The number of H-pyrrole nitrogens is 1.